The lowest BCUT2D eigenvalue weighted by molar-refractivity contribution is 0.0267. The molecule has 0 radical (unpaired) electrons. The fourth-order valence-electron chi connectivity index (χ4n) is 3.72. The summed E-state index contributed by atoms with van der Waals surface area (Å²) in [5.74, 6) is 0.841. The number of methoxy groups -OCH3 is 1. The Morgan fingerprint density at radius 2 is 1.25 bits per heavy atom. The van der Waals surface area contributed by atoms with Crippen LogP contribution < -0.4 is 4.74 Å². The second-order valence-corrected chi connectivity index (χ2v) is 7.75. The summed E-state index contributed by atoms with van der Waals surface area (Å²) in [5.41, 5.74) is 3.39. The first-order chi connectivity index (χ1) is 15.7. The normalized spacial score (nSPS) is 11.5. The van der Waals surface area contributed by atoms with Crippen molar-refractivity contribution < 1.29 is 28.8 Å². The number of rotatable bonds is 14. The van der Waals surface area contributed by atoms with Crippen LogP contribution in [0.4, 0.5) is 0 Å². The predicted molar refractivity (Wildman–Crippen MR) is 127 cm³/mol. The van der Waals surface area contributed by atoms with Gasteiger partial charge in [0.15, 0.2) is 0 Å². The standard InChI is InChI=1S/C26H34O6/c1-19-4-6-21-22-7-5-20(2)17-24(22)26(32-15-14-30-11-10-28-3)25(23(21)16-19)18-31-13-12-29-9-8-27/h4-7,16-17,27H,8-15,18H2,1-3H3. The highest BCUT2D eigenvalue weighted by Gasteiger charge is 2.16. The van der Waals surface area contributed by atoms with Gasteiger partial charge in [-0.1, -0.05) is 41.5 Å². The molecule has 6 heteroatoms. The van der Waals surface area contributed by atoms with Crippen LogP contribution in [0.5, 0.6) is 5.75 Å². The van der Waals surface area contributed by atoms with Crippen molar-refractivity contribution >= 4 is 21.5 Å². The number of benzene rings is 3. The molecular formula is C26H34O6. The van der Waals surface area contributed by atoms with Crippen LogP contribution in [0.3, 0.4) is 0 Å². The quantitative estimate of drug-likeness (QED) is 0.299. The van der Waals surface area contributed by atoms with Gasteiger partial charge in [-0.3, -0.25) is 0 Å². The van der Waals surface area contributed by atoms with Crippen LogP contribution >= 0.6 is 0 Å². The van der Waals surface area contributed by atoms with E-state index in [-0.39, 0.29) is 6.61 Å². The van der Waals surface area contributed by atoms with Gasteiger partial charge in [0.25, 0.3) is 0 Å². The van der Waals surface area contributed by atoms with E-state index < -0.39 is 0 Å². The molecule has 0 saturated carbocycles. The Balaban J connectivity index is 1.93. The van der Waals surface area contributed by atoms with E-state index in [0.717, 1.165) is 27.5 Å². The summed E-state index contributed by atoms with van der Waals surface area (Å²) in [4.78, 5) is 0. The Bertz CT molecular complexity index is 920. The van der Waals surface area contributed by atoms with E-state index in [9.17, 15) is 0 Å². The highest BCUT2D eigenvalue weighted by atomic mass is 16.5. The van der Waals surface area contributed by atoms with Gasteiger partial charge in [-0.25, -0.2) is 0 Å². The van der Waals surface area contributed by atoms with Gasteiger partial charge in [0.05, 0.1) is 52.9 Å². The Morgan fingerprint density at radius 1 is 0.656 bits per heavy atom. The molecule has 3 rings (SSSR count). The Hall–Kier alpha value is -2.22. The molecule has 0 atom stereocenters. The highest BCUT2D eigenvalue weighted by molar-refractivity contribution is 6.12. The zero-order chi connectivity index (χ0) is 22.8. The third-order valence-electron chi connectivity index (χ3n) is 5.24. The van der Waals surface area contributed by atoms with Gasteiger partial charge >= 0.3 is 0 Å². The topological polar surface area (TPSA) is 66.4 Å². The van der Waals surface area contributed by atoms with Gasteiger partial charge in [0, 0.05) is 18.1 Å². The van der Waals surface area contributed by atoms with Crippen molar-refractivity contribution in [2.24, 2.45) is 0 Å². The SMILES string of the molecule is COCCOCCOc1c(COCCOCCO)c2cc(C)ccc2c2ccc(C)cc12. The minimum Gasteiger partial charge on any atom is -0.490 e. The third-order valence-corrected chi connectivity index (χ3v) is 5.24. The molecule has 0 aliphatic carbocycles. The Labute approximate surface area is 190 Å². The summed E-state index contributed by atoms with van der Waals surface area (Å²) >= 11 is 0. The van der Waals surface area contributed by atoms with Crippen molar-refractivity contribution in [1.82, 2.24) is 0 Å². The van der Waals surface area contributed by atoms with Crippen LogP contribution in [0.25, 0.3) is 21.5 Å². The molecule has 0 amide bonds. The lowest BCUT2D eigenvalue weighted by atomic mass is 9.94. The van der Waals surface area contributed by atoms with Crippen molar-refractivity contribution in [3.63, 3.8) is 0 Å². The van der Waals surface area contributed by atoms with Crippen LogP contribution in [0.2, 0.25) is 0 Å². The third kappa shape index (κ3) is 6.40. The lowest BCUT2D eigenvalue weighted by Gasteiger charge is -2.19. The van der Waals surface area contributed by atoms with Gasteiger partial charge in [0.1, 0.15) is 12.4 Å². The maximum atomic E-state index is 8.86. The smallest absolute Gasteiger partial charge is 0.133 e. The lowest BCUT2D eigenvalue weighted by Crippen LogP contribution is -2.12. The maximum Gasteiger partial charge on any atom is 0.133 e. The van der Waals surface area contributed by atoms with E-state index in [0.29, 0.717) is 52.9 Å². The molecule has 0 aliphatic rings. The van der Waals surface area contributed by atoms with E-state index in [4.69, 9.17) is 28.8 Å². The molecule has 0 aliphatic heterocycles. The van der Waals surface area contributed by atoms with Gasteiger partial charge in [-0.2, -0.15) is 0 Å². The van der Waals surface area contributed by atoms with Gasteiger partial charge in [0.2, 0.25) is 0 Å². The number of fused-ring (bicyclic) bond motifs is 3. The summed E-state index contributed by atoms with van der Waals surface area (Å²) in [6, 6.07) is 13.0. The Morgan fingerprint density at radius 3 is 1.97 bits per heavy atom. The molecule has 1 N–H and O–H groups in total. The van der Waals surface area contributed by atoms with Crippen molar-refractivity contribution in [3.8, 4) is 5.75 Å². The van der Waals surface area contributed by atoms with Crippen LogP contribution in [0, 0.1) is 13.8 Å². The molecule has 0 bridgehead atoms. The van der Waals surface area contributed by atoms with Crippen LogP contribution in [-0.2, 0) is 25.6 Å². The summed E-state index contributed by atoms with van der Waals surface area (Å²) < 4.78 is 28.2. The molecule has 174 valence electrons. The van der Waals surface area contributed by atoms with Crippen LogP contribution in [0.15, 0.2) is 36.4 Å². The number of hydrogen-bond acceptors (Lipinski definition) is 6. The minimum atomic E-state index is 0.0123. The largest absolute Gasteiger partial charge is 0.490 e. The number of aliphatic hydroxyl groups is 1. The molecule has 0 aromatic heterocycles. The summed E-state index contributed by atoms with van der Waals surface area (Å²) in [6.07, 6.45) is 0. The van der Waals surface area contributed by atoms with E-state index in [1.54, 1.807) is 7.11 Å². The number of aryl methyl sites for hydroxylation is 2. The molecule has 0 spiro atoms. The predicted octanol–water partition coefficient (Wildman–Crippen LogP) is 4.18. The van der Waals surface area contributed by atoms with E-state index in [1.807, 2.05) is 0 Å². The highest BCUT2D eigenvalue weighted by Crippen LogP contribution is 2.39. The van der Waals surface area contributed by atoms with Crippen LogP contribution in [-0.4, -0.2) is 65.1 Å². The van der Waals surface area contributed by atoms with Crippen molar-refractivity contribution in [2.45, 2.75) is 20.5 Å². The molecule has 0 unspecified atom stereocenters. The fourth-order valence-corrected chi connectivity index (χ4v) is 3.72. The molecule has 0 saturated heterocycles. The summed E-state index contributed by atoms with van der Waals surface area (Å²) in [5, 5.41) is 13.4. The molecule has 0 heterocycles. The molecule has 32 heavy (non-hydrogen) atoms. The zero-order valence-corrected chi connectivity index (χ0v) is 19.3. The van der Waals surface area contributed by atoms with Gasteiger partial charge in [-0.15, -0.1) is 0 Å². The second kappa shape index (κ2) is 12.7. The first-order valence-electron chi connectivity index (χ1n) is 11.1. The molecular weight excluding hydrogens is 408 g/mol. The summed E-state index contributed by atoms with van der Waals surface area (Å²) in [6.45, 7) is 7.83. The van der Waals surface area contributed by atoms with Gasteiger partial charge < -0.3 is 28.8 Å². The monoisotopic (exact) mass is 442 g/mol. The number of aliphatic hydroxyl groups excluding tert-OH is 1. The van der Waals surface area contributed by atoms with Crippen molar-refractivity contribution in [1.29, 1.82) is 0 Å². The minimum absolute atomic E-state index is 0.0123. The zero-order valence-electron chi connectivity index (χ0n) is 19.3. The first kappa shape index (κ1) is 24.4. The van der Waals surface area contributed by atoms with Crippen molar-refractivity contribution in [2.75, 3.05) is 60.0 Å². The van der Waals surface area contributed by atoms with Gasteiger partial charge in [-0.05, 0) is 36.1 Å². The van der Waals surface area contributed by atoms with E-state index >= 15 is 0 Å². The maximum absolute atomic E-state index is 8.86. The molecule has 6 nitrogen and oxygen atoms in total. The average Bonchev–Trinajstić information content (AvgIpc) is 2.79. The Kier molecular flexibility index (Phi) is 9.71. The number of ether oxygens (including phenoxy) is 5. The average molecular weight is 443 g/mol. The molecule has 3 aromatic rings. The summed E-state index contributed by atoms with van der Waals surface area (Å²) in [7, 11) is 1.66. The molecule has 0 fully saturated rings. The van der Waals surface area contributed by atoms with E-state index in [1.165, 1.54) is 16.5 Å². The fraction of sp³-hybridized carbons (Fsp3) is 0.462. The number of hydrogen-bond donors (Lipinski definition) is 1. The van der Waals surface area contributed by atoms with Crippen molar-refractivity contribution in [3.05, 3.63) is 53.1 Å². The van der Waals surface area contributed by atoms with E-state index in [2.05, 4.69) is 50.2 Å². The second-order valence-electron chi connectivity index (χ2n) is 7.75. The van der Waals surface area contributed by atoms with Crippen LogP contribution in [0.1, 0.15) is 16.7 Å². The first-order valence-corrected chi connectivity index (χ1v) is 11.1. The molecule has 3 aromatic carbocycles.